The summed E-state index contributed by atoms with van der Waals surface area (Å²) in [6.45, 7) is 0.923. The first kappa shape index (κ1) is 28.2. The average molecular weight is 593 g/mol. The van der Waals surface area contributed by atoms with E-state index < -0.39 is 34.4 Å². The van der Waals surface area contributed by atoms with Crippen LogP contribution in [0.4, 0.5) is 18.0 Å². The molecule has 2 aliphatic rings. The topological polar surface area (TPSA) is 84.7 Å². The Kier molecular flexibility index (Phi) is 7.45. The van der Waals surface area contributed by atoms with Crippen LogP contribution in [0, 0.1) is 0 Å². The van der Waals surface area contributed by atoms with Gasteiger partial charge in [-0.25, -0.2) is 4.79 Å². The van der Waals surface area contributed by atoms with E-state index in [1.165, 1.54) is 30.1 Å². The van der Waals surface area contributed by atoms with Crippen molar-refractivity contribution >= 4 is 57.5 Å². The molecule has 2 aromatic carbocycles. The Hall–Kier alpha value is -3.35. The second kappa shape index (κ2) is 10.6. The Morgan fingerprint density at radius 1 is 1.18 bits per heavy atom. The molecule has 40 heavy (non-hydrogen) atoms. The third-order valence-electron chi connectivity index (χ3n) is 7.26. The summed E-state index contributed by atoms with van der Waals surface area (Å²) < 4.78 is 47.1. The number of ether oxygens (including phenoxy) is 1. The summed E-state index contributed by atoms with van der Waals surface area (Å²) in [5.74, 6) is -1.18. The third kappa shape index (κ3) is 5.11. The lowest BCUT2D eigenvalue weighted by molar-refractivity contribution is -0.160. The van der Waals surface area contributed by atoms with Crippen molar-refractivity contribution in [1.82, 2.24) is 19.6 Å². The minimum atomic E-state index is -4.57. The van der Waals surface area contributed by atoms with Crippen molar-refractivity contribution < 1.29 is 32.3 Å². The van der Waals surface area contributed by atoms with E-state index >= 15 is 0 Å². The number of likely N-dealkylation sites (tertiary alicyclic amines) is 1. The van der Waals surface area contributed by atoms with Gasteiger partial charge in [-0.15, -0.1) is 0 Å². The number of piperidine rings is 1. The summed E-state index contributed by atoms with van der Waals surface area (Å²) in [4.78, 5) is 42.4. The zero-order valence-electron chi connectivity index (χ0n) is 21.5. The fraction of sp³-hybridized carbons (Fsp3) is 0.333. The molecule has 2 amide bonds. The number of hydrogen-bond acceptors (Lipinski definition) is 7. The third-order valence-corrected chi connectivity index (χ3v) is 8.37. The van der Waals surface area contributed by atoms with Gasteiger partial charge in [0.1, 0.15) is 0 Å². The molecule has 0 atom stereocenters. The highest BCUT2D eigenvalue weighted by Gasteiger charge is 2.55. The van der Waals surface area contributed by atoms with Crippen LogP contribution >= 0.6 is 23.4 Å². The molecule has 1 aromatic heterocycles. The lowest BCUT2D eigenvalue weighted by Gasteiger charge is -2.42. The highest BCUT2D eigenvalue weighted by atomic mass is 35.5. The number of aromatic nitrogens is 2. The van der Waals surface area contributed by atoms with Gasteiger partial charge in [-0.3, -0.25) is 19.2 Å². The van der Waals surface area contributed by atoms with Crippen LogP contribution in [0.3, 0.4) is 0 Å². The van der Waals surface area contributed by atoms with Crippen molar-refractivity contribution in [2.45, 2.75) is 31.1 Å². The van der Waals surface area contributed by atoms with Gasteiger partial charge in [-0.05, 0) is 73.1 Å². The zero-order chi connectivity index (χ0) is 28.8. The van der Waals surface area contributed by atoms with Crippen LogP contribution in [0.25, 0.3) is 17.0 Å². The molecule has 3 heterocycles. The second-order valence-electron chi connectivity index (χ2n) is 9.76. The molecule has 0 spiro atoms. The number of fused-ring (bicyclic) bond motifs is 1. The highest BCUT2D eigenvalue weighted by molar-refractivity contribution is 8.18. The minimum Gasteiger partial charge on any atom is -0.467 e. The van der Waals surface area contributed by atoms with E-state index in [-0.39, 0.29) is 34.9 Å². The van der Waals surface area contributed by atoms with Gasteiger partial charge in [-0.1, -0.05) is 23.7 Å². The predicted octanol–water partition coefficient (Wildman–Crippen LogP) is 5.43. The van der Waals surface area contributed by atoms with Crippen LogP contribution < -0.4 is 0 Å². The van der Waals surface area contributed by atoms with E-state index in [1.807, 2.05) is 11.9 Å². The van der Waals surface area contributed by atoms with Gasteiger partial charge >= 0.3 is 12.1 Å². The summed E-state index contributed by atoms with van der Waals surface area (Å²) in [5.41, 5.74) is -0.988. The number of imide groups is 1. The SMILES string of the molecule is COC(=O)C1(N2C(=O)SC(=Cc3ccc4c(cnn4Cc4ccc(Cl)cc4C(F)(F)F)c3)C2=O)CCN(C)CC1. The number of carbonyl (C=O) groups excluding carboxylic acids is 3. The Labute approximate surface area is 236 Å². The lowest BCUT2D eigenvalue weighted by Crippen LogP contribution is -2.61. The second-order valence-corrected chi connectivity index (χ2v) is 11.2. The van der Waals surface area contributed by atoms with Gasteiger partial charge in [-0.2, -0.15) is 18.3 Å². The van der Waals surface area contributed by atoms with E-state index in [2.05, 4.69) is 5.10 Å². The number of alkyl halides is 3. The fourth-order valence-electron chi connectivity index (χ4n) is 5.12. The number of rotatable bonds is 5. The minimum absolute atomic E-state index is 0.0104. The van der Waals surface area contributed by atoms with E-state index in [9.17, 15) is 27.6 Å². The fourth-order valence-corrected chi connectivity index (χ4v) is 6.20. The van der Waals surface area contributed by atoms with E-state index in [0.717, 1.165) is 22.7 Å². The number of nitrogens with zero attached hydrogens (tertiary/aromatic N) is 4. The molecule has 3 aromatic rings. The average Bonchev–Trinajstić information content (AvgIpc) is 3.43. The molecule has 2 saturated heterocycles. The van der Waals surface area contributed by atoms with Crippen LogP contribution in [-0.2, 0) is 27.0 Å². The van der Waals surface area contributed by atoms with Gasteiger partial charge in [0, 0.05) is 23.5 Å². The van der Waals surface area contributed by atoms with Crippen LogP contribution in [0.2, 0.25) is 5.02 Å². The maximum absolute atomic E-state index is 13.5. The molecule has 0 N–H and O–H groups in total. The number of hydrogen-bond donors (Lipinski definition) is 0. The molecular weight excluding hydrogens is 569 g/mol. The number of thioether (sulfide) groups is 1. The van der Waals surface area contributed by atoms with Crippen molar-refractivity contribution in [2.24, 2.45) is 0 Å². The first-order chi connectivity index (χ1) is 18.9. The molecule has 0 radical (unpaired) electrons. The van der Waals surface area contributed by atoms with Crippen molar-refractivity contribution in [2.75, 3.05) is 27.2 Å². The van der Waals surface area contributed by atoms with Crippen LogP contribution in [0.15, 0.2) is 47.5 Å². The van der Waals surface area contributed by atoms with E-state index in [1.54, 1.807) is 24.3 Å². The summed E-state index contributed by atoms with van der Waals surface area (Å²) in [7, 11) is 3.14. The van der Waals surface area contributed by atoms with Gasteiger partial charge in [0.15, 0.2) is 5.54 Å². The molecule has 0 unspecified atom stereocenters. The van der Waals surface area contributed by atoms with E-state index in [4.69, 9.17) is 16.3 Å². The Morgan fingerprint density at radius 3 is 2.58 bits per heavy atom. The molecule has 0 aliphatic carbocycles. The zero-order valence-corrected chi connectivity index (χ0v) is 23.1. The van der Waals surface area contributed by atoms with Crippen LogP contribution in [0.5, 0.6) is 0 Å². The summed E-state index contributed by atoms with van der Waals surface area (Å²) in [6.07, 6.45) is -0.944. The van der Waals surface area contributed by atoms with E-state index in [0.29, 0.717) is 29.6 Å². The molecule has 8 nitrogen and oxygen atoms in total. The molecule has 5 rings (SSSR count). The molecule has 2 fully saturated rings. The van der Waals surface area contributed by atoms with Crippen molar-refractivity contribution in [3.63, 3.8) is 0 Å². The smallest absolute Gasteiger partial charge is 0.416 e. The van der Waals surface area contributed by atoms with Crippen LogP contribution in [-0.4, -0.2) is 69.5 Å². The number of halogens is 4. The normalized spacial score (nSPS) is 19.1. The standard InChI is InChI=1S/C27H24ClF3N4O4S/c1-33-9-7-26(8-10-33,24(37)39-2)35-23(36)22(40-25(35)38)12-16-3-6-21-18(11-16)14-32-34(21)15-17-4-5-19(28)13-20(17)27(29,30)31/h3-6,11-14H,7-10,15H2,1-2H3. The van der Waals surface area contributed by atoms with Gasteiger partial charge in [0.05, 0.1) is 35.8 Å². The van der Waals surface area contributed by atoms with Crippen LogP contribution in [0.1, 0.15) is 29.5 Å². The van der Waals surface area contributed by atoms with Crippen molar-refractivity contribution in [3.8, 4) is 0 Å². The number of methoxy groups -OCH3 is 1. The van der Waals surface area contributed by atoms with Crippen molar-refractivity contribution in [1.29, 1.82) is 0 Å². The predicted molar refractivity (Wildman–Crippen MR) is 145 cm³/mol. The molecule has 210 valence electrons. The highest BCUT2D eigenvalue weighted by Crippen LogP contribution is 2.42. The van der Waals surface area contributed by atoms with Gasteiger partial charge < -0.3 is 9.64 Å². The molecule has 0 bridgehead atoms. The first-order valence-corrected chi connectivity index (χ1v) is 13.5. The monoisotopic (exact) mass is 592 g/mol. The van der Waals surface area contributed by atoms with Gasteiger partial charge in [0.2, 0.25) is 0 Å². The molecule has 0 saturated carbocycles. The maximum atomic E-state index is 13.5. The summed E-state index contributed by atoms with van der Waals surface area (Å²) >= 11 is 6.55. The van der Waals surface area contributed by atoms with Crippen molar-refractivity contribution in [3.05, 3.63) is 69.2 Å². The molecule has 2 aliphatic heterocycles. The summed E-state index contributed by atoms with van der Waals surface area (Å²) in [6, 6.07) is 8.73. The molecular formula is C27H24ClF3N4O4S. The summed E-state index contributed by atoms with van der Waals surface area (Å²) in [5, 5.41) is 4.35. The Bertz CT molecular complexity index is 1550. The largest absolute Gasteiger partial charge is 0.467 e. The quantitative estimate of drug-likeness (QED) is 0.288. The maximum Gasteiger partial charge on any atom is 0.416 e. The first-order valence-electron chi connectivity index (χ1n) is 12.3. The Balaban J connectivity index is 1.42. The number of benzene rings is 2. The lowest BCUT2D eigenvalue weighted by atomic mass is 9.85. The number of esters is 1. The number of amides is 2. The molecule has 13 heteroatoms. The Morgan fingerprint density at radius 2 is 1.90 bits per heavy atom. The number of carbonyl (C=O) groups is 3. The van der Waals surface area contributed by atoms with Gasteiger partial charge in [0.25, 0.3) is 11.1 Å².